The Morgan fingerprint density at radius 3 is 2.82 bits per heavy atom. The second kappa shape index (κ2) is 7.10. The summed E-state index contributed by atoms with van der Waals surface area (Å²) in [7, 11) is -3.06. The standard InChI is InChI=1S/C13H14BrNO6S/c14-11-3-1-10(21-11)2-4-13(17)20-7-12(16)15-9-5-6-22(18,19)8-9/h1-4,9H,5-8H2,(H,15,16)/b4-2+/t9-/m0/s1. The van der Waals surface area contributed by atoms with E-state index in [4.69, 9.17) is 9.15 Å². The topological polar surface area (TPSA) is 103 Å². The van der Waals surface area contributed by atoms with Gasteiger partial charge in [-0.25, -0.2) is 13.2 Å². The van der Waals surface area contributed by atoms with Crippen LogP contribution in [-0.4, -0.2) is 44.4 Å². The van der Waals surface area contributed by atoms with Crippen molar-refractivity contribution in [3.8, 4) is 0 Å². The van der Waals surface area contributed by atoms with Gasteiger partial charge in [-0.2, -0.15) is 0 Å². The summed E-state index contributed by atoms with van der Waals surface area (Å²) >= 11 is 3.13. The SMILES string of the molecule is O=C(COC(=O)/C=C/c1ccc(Br)o1)N[C@H]1CCS(=O)(=O)C1. The average molecular weight is 392 g/mol. The highest BCUT2D eigenvalue weighted by molar-refractivity contribution is 9.10. The zero-order chi connectivity index (χ0) is 16.2. The minimum Gasteiger partial charge on any atom is -0.452 e. The minimum atomic E-state index is -3.06. The van der Waals surface area contributed by atoms with Gasteiger partial charge in [0.15, 0.2) is 21.1 Å². The normalized spacial score (nSPS) is 20.1. The molecule has 1 saturated heterocycles. The molecule has 120 valence electrons. The van der Waals surface area contributed by atoms with Crippen LogP contribution in [0, 0.1) is 0 Å². The predicted molar refractivity (Wildman–Crippen MR) is 81.6 cm³/mol. The number of halogens is 1. The summed E-state index contributed by atoms with van der Waals surface area (Å²) in [5.41, 5.74) is 0. The Labute approximate surface area is 135 Å². The lowest BCUT2D eigenvalue weighted by Gasteiger charge is -2.10. The largest absolute Gasteiger partial charge is 0.452 e. The summed E-state index contributed by atoms with van der Waals surface area (Å²) < 4.78 is 32.9. The van der Waals surface area contributed by atoms with Gasteiger partial charge in [0.2, 0.25) is 0 Å². The first-order valence-electron chi connectivity index (χ1n) is 6.44. The predicted octanol–water partition coefficient (Wildman–Crippen LogP) is 0.902. The monoisotopic (exact) mass is 391 g/mol. The molecule has 0 spiro atoms. The number of ether oxygens (including phenoxy) is 1. The van der Waals surface area contributed by atoms with E-state index in [1.165, 1.54) is 6.08 Å². The number of carbonyl (C=O) groups is 2. The Balaban J connectivity index is 1.72. The molecule has 0 radical (unpaired) electrons. The third-order valence-corrected chi connectivity index (χ3v) is 5.11. The molecule has 1 atom stereocenters. The van der Waals surface area contributed by atoms with Crippen molar-refractivity contribution < 1.29 is 27.2 Å². The molecule has 0 aromatic carbocycles. The van der Waals surface area contributed by atoms with Crippen molar-refractivity contribution >= 4 is 43.7 Å². The minimum absolute atomic E-state index is 0.0686. The lowest BCUT2D eigenvalue weighted by Crippen LogP contribution is -2.38. The van der Waals surface area contributed by atoms with Crippen LogP contribution in [0.5, 0.6) is 0 Å². The zero-order valence-corrected chi connectivity index (χ0v) is 13.9. The highest BCUT2D eigenvalue weighted by atomic mass is 79.9. The highest BCUT2D eigenvalue weighted by Gasteiger charge is 2.28. The molecule has 1 aromatic heterocycles. The number of nitrogens with one attached hydrogen (secondary N) is 1. The number of sulfone groups is 1. The van der Waals surface area contributed by atoms with Gasteiger partial charge in [0, 0.05) is 12.1 Å². The lowest BCUT2D eigenvalue weighted by atomic mass is 10.2. The maximum absolute atomic E-state index is 11.6. The van der Waals surface area contributed by atoms with Crippen LogP contribution in [0.2, 0.25) is 0 Å². The van der Waals surface area contributed by atoms with Gasteiger partial charge < -0.3 is 14.5 Å². The first-order chi connectivity index (χ1) is 10.3. The first-order valence-corrected chi connectivity index (χ1v) is 9.05. The molecule has 22 heavy (non-hydrogen) atoms. The molecule has 0 unspecified atom stereocenters. The fourth-order valence-corrected chi connectivity index (χ4v) is 3.92. The molecule has 7 nitrogen and oxygen atoms in total. The molecule has 0 bridgehead atoms. The Hall–Kier alpha value is -1.61. The number of rotatable bonds is 5. The molecule has 0 aliphatic carbocycles. The van der Waals surface area contributed by atoms with Crippen molar-refractivity contribution in [3.63, 3.8) is 0 Å². The Morgan fingerprint density at radius 1 is 1.45 bits per heavy atom. The highest BCUT2D eigenvalue weighted by Crippen LogP contribution is 2.15. The van der Waals surface area contributed by atoms with E-state index in [-0.39, 0.29) is 11.5 Å². The van der Waals surface area contributed by atoms with Gasteiger partial charge in [-0.15, -0.1) is 0 Å². The van der Waals surface area contributed by atoms with Crippen molar-refractivity contribution in [1.29, 1.82) is 0 Å². The lowest BCUT2D eigenvalue weighted by molar-refractivity contribution is -0.144. The fourth-order valence-electron chi connectivity index (χ4n) is 1.93. The van der Waals surface area contributed by atoms with Crippen molar-refractivity contribution in [2.75, 3.05) is 18.1 Å². The van der Waals surface area contributed by atoms with E-state index in [2.05, 4.69) is 21.2 Å². The van der Waals surface area contributed by atoms with Crippen molar-refractivity contribution in [1.82, 2.24) is 5.32 Å². The summed E-state index contributed by atoms with van der Waals surface area (Å²) in [4.78, 5) is 23.0. The van der Waals surface area contributed by atoms with Gasteiger partial charge in [0.1, 0.15) is 5.76 Å². The van der Waals surface area contributed by atoms with E-state index in [1.54, 1.807) is 12.1 Å². The van der Waals surface area contributed by atoms with Crippen LogP contribution >= 0.6 is 15.9 Å². The van der Waals surface area contributed by atoms with Gasteiger partial charge in [0.05, 0.1) is 11.5 Å². The van der Waals surface area contributed by atoms with Crippen molar-refractivity contribution in [3.05, 3.63) is 28.6 Å². The number of furan rings is 1. The van der Waals surface area contributed by atoms with Crippen molar-refractivity contribution in [2.45, 2.75) is 12.5 Å². The van der Waals surface area contributed by atoms with E-state index in [1.807, 2.05) is 0 Å². The maximum atomic E-state index is 11.6. The molecule has 1 aromatic rings. The Morgan fingerprint density at radius 2 is 2.23 bits per heavy atom. The Bertz CT molecular complexity index is 693. The molecule has 2 heterocycles. The average Bonchev–Trinajstić information content (AvgIpc) is 3.00. The van der Waals surface area contributed by atoms with Gasteiger partial charge in [0.25, 0.3) is 5.91 Å². The molecular weight excluding hydrogens is 378 g/mol. The van der Waals surface area contributed by atoms with Crippen LogP contribution in [0.1, 0.15) is 12.2 Å². The summed E-state index contributed by atoms with van der Waals surface area (Å²) in [6.45, 7) is -0.457. The number of amides is 1. The van der Waals surface area contributed by atoms with E-state index in [0.717, 1.165) is 6.08 Å². The number of hydrogen-bond acceptors (Lipinski definition) is 6. The summed E-state index contributed by atoms with van der Waals surface area (Å²) in [6, 6.07) is 2.92. The van der Waals surface area contributed by atoms with Gasteiger partial charge in [-0.3, -0.25) is 4.79 Å². The summed E-state index contributed by atoms with van der Waals surface area (Å²) in [6.07, 6.45) is 2.93. The van der Waals surface area contributed by atoms with Gasteiger partial charge >= 0.3 is 5.97 Å². The van der Waals surface area contributed by atoms with Crippen LogP contribution in [0.25, 0.3) is 6.08 Å². The number of carbonyl (C=O) groups excluding carboxylic acids is 2. The fraction of sp³-hybridized carbons (Fsp3) is 0.385. The van der Waals surface area contributed by atoms with Crippen LogP contribution in [0.4, 0.5) is 0 Å². The first kappa shape index (κ1) is 16.8. The summed E-state index contributed by atoms with van der Waals surface area (Å²) in [5, 5.41) is 2.52. The molecule has 1 N–H and O–H groups in total. The van der Waals surface area contributed by atoms with Gasteiger partial charge in [-0.05, 0) is 40.6 Å². The number of hydrogen-bond donors (Lipinski definition) is 1. The molecule has 1 aliphatic heterocycles. The second-order valence-corrected chi connectivity index (χ2v) is 7.76. The van der Waals surface area contributed by atoms with Gasteiger partial charge in [-0.1, -0.05) is 0 Å². The van der Waals surface area contributed by atoms with Crippen LogP contribution in [0.3, 0.4) is 0 Å². The quantitative estimate of drug-likeness (QED) is 0.590. The van der Waals surface area contributed by atoms with Crippen LogP contribution in [0.15, 0.2) is 27.3 Å². The molecule has 0 saturated carbocycles. The van der Waals surface area contributed by atoms with E-state index < -0.39 is 34.4 Å². The summed E-state index contributed by atoms with van der Waals surface area (Å²) in [5.74, 6) is -0.755. The molecule has 1 fully saturated rings. The Kier molecular flexibility index (Phi) is 5.41. The molecular formula is C13H14BrNO6S. The number of esters is 1. The van der Waals surface area contributed by atoms with Crippen LogP contribution < -0.4 is 5.32 Å². The van der Waals surface area contributed by atoms with E-state index in [0.29, 0.717) is 16.9 Å². The second-order valence-electron chi connectivity index (χ2n) is 4.75. The third kappa shape index (κ3) is 5.30. The van der Waals surface area contributed by atoms with E-state index >= 15 is 0 Å². The molecule has 1 aliphatic rings. The zero-order valence-electron chi connectivity index (χ0n) is 11.5. The van der Waals surface area contributed by atoms with Crippen LogP contribution in [-0.2, 0) is 24.2 Å². The molecule has 1 amide bonds. The smallest absolute Gasteiger partial charge is 0.331 e. The van der Waals surface area contributed by atoms with E-state index in [9.17, 15) is 18.0 Å². The maximum Gasteiger partial charge on any atom is 0.331 e. The third-order valence-electron chi connectivity index (χ3n) is 2.92. The molecule has 2 rings (SSSR count). The van der Waals surface area contributed by atoms with Crippen molar-refractivity contribution in [2.24, 2.45) is 0 Å². The molecule has 9 heteroatoms.